The molecule has 0 radical (unpaired) electrons. The van der Waals surface area contributed by atoms with Crippen LogP contribution in [0.1, 0.15) is 26.2 Å². The zero-order valence-corrected chi connectivity index (χ0v) is 9.38. The van der Waals surface area contributed by atoms with Crippen LogP contribution in [-0.2, 0) is 4.79 Å². The van der Waals surface area contributed by atoms with Crippen molar-refractivity contribution in [2.45, 2.75) is 26.2 Å². The Balaban J connectivity index is 3.22. The van der Waals surface area contributed by atoms with Crippen molar-refractivity contribution in [1.82, 2.24) is 10.2 Å². The summed E-state index contributed by atoms with van der Waals surface area (Å²) in [5.74, 6) is 0.134. The molecule has 0 spiro atoms. The molecule has 3 N–H and O–H groups in total. The molecule has 0 aliphatic heterocycles. The van der Waals surface area contributed by atoms with Gasteiger partial charge in [0.15, 0.2) is 0 Å². The number of rotatable bonds is 8. The summed E-state index contributed by atoms with van der Waals surface area (Å²) in [6, 6.07) is 0. The first-order valence-electron chi connectivity index (χ1n) is 5.36. The fourth-order valence-electron chi connectivity index (χ4n) is 1.17. The fraction of sp³-hybridized carbons (Fsp3) is 0.900. The minimum atomic E-state index is 0.134. The normalized spacial score (nSPS) is 10.6. The average Bonchev–Trinajstić information content (AvgIpc) is 2.21. The molecule has 0 aliphatic carbocycles. The highest BCUT2D eigenvalue weighted by Crippen LogP contribution is 1.88. The second-order valence-electron chi connectivity index (χ2n) is 3.50. The van der Waals surface area contributed by atoms with E-state index in [4.69, 9.17) is 5.73 Å². The van der Waals surface area contributed by atoms with Crippen molar-refractivity contribution in [2.24, 2.45) is 5.73 Å². The lowest BCUT2D eigenvalue weighted by Gasteiger charge is -2.15. The standard InChI is InChI=1S/C10H23N3O/c1-3-10(14)12-7-5-9-13(2)8-4-6-11/h3-9,11H2,1-2H3,(H,12,14). The van der Waals surface area contributed by atoms with Gasteiger partial charge < -0.3 is 16.0 Å². The highest BCUT2D eigenvalue weighted by Gasteiger charge is 1.98. The number of hydrogen-bond donors (Lipinski definition) is 2. The van der Waals surface area contributed by atoms with Crippen molar-refractivity contribution < 1.29 is 4.79 Å². The van der Waals surface area contributed by atoms with E-state index in [0.29, 0.717) is 6.42 Å². The van der Waals surface area contributed by atoms with Gasteiger partial charge in [0.1, 0.15) is 0 Å². The maximum Gasteiger partial charge on any atom is 0.219 e. The number of nitrogens with zero attached hydrogens (tertiary/aromatic N) is 1. The molecule has 0 unspecified atom stereocenters. The Labute approximate surface area is 86.8 Å². The molecule has 14 heavy (non-hydrogen) atoms. The van der Waals surface area contributed by atoms with Crippen LogP contribution in [0, 0.1) is 0 Å². The SMILES string of the molecule is CCC(=O)NCCCN(C)CCCN. The molecule has 0 atom stereocenters. The summed E-state index contributed by atoms with van der Waals surface area (Å²) in [6.07, 6.45) is 2.62. The molecule has 1 amide bonds. The number of carbonyl (C=O) groups is 1. The largest absolute Gasteiger partial charge is 0.356 e. The Kier molecular flexibility index (Phi) is 8.57. The molecule has 84 valence electrons. The van der Waals surface area contributed by atoms with E-state index in [1.165, 1.54) is 0 Å². The highest BCUT2D eigenvalue weighted by atomic mass is 16.1. The lowest BCUT2D eigenvalue weighted by atomic mass is 10.3. The second-order valence-corrected chi connectivity index (χ2v) is 3.50. The number of amides is 1. The zero-order chi connectivity index (χ0) is 10.8. The van der Waals surface area contributed by atoms with Gasteiger partial charge in [-0.05, 0) is 39.5 Å². The van der Waals surface area contributed by atoms with Crippen molar-refractivity contribution in [3.8, 4) is 0 Å². The van der Waals surface area contributed by atoms with Crippen LogP contribution in [0.5, 0.6) is 0 Å². The fourth-order valence-corrected chi connectivity index (χ4v) is 1.17. The summed E-state index contributed by atoms with van der Waals surface area (Å²) in [4.78, 5) is 13.1. The van der Waals surface area contributed by atoms with E-state index in [9.17, 15) is 4.79 Å². The molecule has 0 saturated heterocycles. The maximum atomic E-state index is 10.9. The van der Waals surface area contributed by atoms with Crippen molar-refractivity contribution >= 4 is 5.91 Å². The van der Waals surface area contributed by atoms with Crippen LogP contribution in [0.15, 0.2) is 0 Å². The Morgan fingerprint density at radius 2 is 2.00 bits per heavy atom. The summed E-state index contributed by atoms with van der Waals surface area (Å²) in [6.45, 7) is 5.45. The van der Waals surface area contributed by atoms with Crippen LogP contribution in [0.2, 0.25) is 0 Å². The molecule has 4 nitrogen and oxygen atoms in total. The van der Waals surface area contributed by atoms with E-state index in [2.05, 4.69) is 17.3 Å². The van der Waals surface area contributed by atoms with Gasteiger partial charge in [-0.25, -0.2) is 0 Å². The van der Waals surface area contributed by atoms with Crippen molar-refractivity contribution in [3.63, 3.8) is 0 Å². The first-order chi connectivity index (χ1) is 6.70. The summed E-state index contributed by atoms with van der Waals surface area (Å²) in [5.41, 5.74) is 5.41. The van der Waals surface area contributed by atoms with Crippen molar-refractivity contribution in [2.75, 3.05) is 33.2 Å². The topological polar surface area (TPSA) is 58.4 Å². The predicted molar refractivity (Wildman–Crippen MR) is 59.1 cm³/mol. The van der Waals surface area contributed by atoms with Gasteiger partial charge >= 0.3 is 0 Å². The predicted octanol–water partition coefficient (Wildman–Crippen LogP) is 0.183. The van der Waals surface area contributed by atoms with E-state index in [1.54, 1.807) is 0 Å². The minimum Gasteiger partial charge on any atom is -0.356 e. The molecule has 0 heterocycles. The summed E-state index contributed by atoms with van der Waals surface area (Å²) >= 11 is 0. The second kappa shape index (κ2) is 8.97. The average molecular weight is 201 g/mol. The molecule has 0 rings (SSSR count). The number of nitrogens with two attached hydrogens (primary N) is 1. The Hall–Kier alpha value is -0.610. The molecular weight excluding hydrogens is 178 g/mol. The molecular formula is C10H23N3O. The van der Waals surface area contributed by atoms with E-state index < -0.39 is 0 Å². The van der Waals surface area contributed by atoms with Crippen LogP contribution in [0.25, 0.3) is 0 Å². The molecule has 0 saturated carbocycles. The van der Waals surface area contributed by atoms with E-state index >= 15 is 0 Å². The molecule has 0 aliphatic rings. The Bertz CT molecular complexity index is 150. The first-order valence-corrected chi connectivity index (χ1v) is 5.36. The Morgan fingerprint density at radius 1 is 1.36 bits per heavy atom. The molecule has 0 bridgehead atoms. The molecule has 0 aromatic rings. The van der Waals surface area contributed by atoms with Crippen LogP contribution < -0.4 is 11.1 Å². The minimum absolute atomic E-state index is 0.134. The third-order valence-electron chi connectivity index (χ3n) is 2.10. The summed E-state index contributed by atoms with van der Waals surface area (Å²) in [7, 11) is 2.08. The van der Waals surface area contributed by atoms with Crippen molar-refractivity contribution in [3.05, 3.63) is 0 Å². The van der Waals surface area contributed by atoms with Crippen molar-refractivity contribution in [1.29, 1.82) is 0 Å². The number of hydrogen-bond acceptors (Lipinski definition) is 3. The van der Waals surface area contributed by atoms with Crippen LogP contribution >= 0.6 is 0 Å². The lowest BCUT2D eigenvalue weighted by molar-refractivity contribution is -0.120. The summed E-state index contributed by atoms with van der Waals surface area (Å²) < 4.78 is 0. The highest BCUT2D eigenvalue weighted by molar-refractivity contribution is 5.75. The monoisotopic (exact) mass is 201 g/mol. The van der Waals surface area contributed by atoms with Gasteiger partial charge in [-0.15, -0.1) is 0 Å². The molecule has 0 aromatic carbocycles. The van der Waals surface area contributed by atoms with Crippen LogP contribution in [0.3, 0.4) is 0 Å². The van der Waals surface area contributed by atoms with E-state index in [0.717, 1.165) is 39.0 Å². The molecule has 0 aromatic heterocycles. The Morgan fingerprint density at radius 3 is 2.57 bits per heavy atom. The lowest BCUT2D eigenvalue weighted by Crippen LogP contribution is -2.28. The van der Waals surface area contributed by atoms with E-state index in [-0.39, 0.29) is 5.91 Å². The summed E-state index contributed by atoms with van der Waals surface area (Å²) in [5, 5.41) is 2.85. The van der Waals surface area contributed by atoms with Gasteiger partial charge in [-0.1, -0.05) is 6.92 Å². The van der Waals surface area contributed by atoms with Gasteiger partial charge in [-0.2, -0.15) is 0 Å². The van der Waals surface area contributed by atoms with E-state index in [1.807, 2.05) is 6.92 Å². The van der Waals surface area contributed by atoms with Gasteiger partial charge in [0.25, 0.3) is 0 Å². The third-order valence-corrected chi connectivity index (χ3v) is 2.10. The maximum absolute atomic E-state index is 10.9. The zero-order valence-electron chi connectivity index (χ0n) is 9.38. The van der Waals surface area contributed by atoms with Gasteiger partial charge in [-0.3, -0.25) is 4.79 Å². The molecule has 4 heteroatoms. The number of carbonyl (C=O) groups excluding carboxylic acids is 1. The smallest absolute Gasteiger partial charge is 0.219 e. The first kappa shape index (κ1) is 13.4. The quantitative estimate of drug-likeness (QED) is 0.551. The van der Waals surface area contributed by atoms with Gasteiger partial charge in [0.05, 0.1) is 0 Å². The van der Waals surface area contributed by atoms with Crippen LogP contribution in [0.4, 0.5) is 0 Å². The molecule has 0 fully saturated rings. The van der Waals surface area contributed by atoms with Gasteiger partial charge in [0, 0.05) is 13.0 Å². The van der Waals surface area contributed by atoms with Gasteiger partial charge in [0.2, 0.25) is 5.91 Å². The van der Waals surface area contributed by atoms with Crippen LogP contribution in [-0.4, -0.2) is 44.0 Å². The third kappa shape index (κ3) is 8.01. The number of nitrogens with one attached hydrogen (secondary N) is 1.